The summed E-state index contributed by atoms with van der Waals surface area (Å²) in [5, 5.41) is 2.49. The minimum Gasteiger partial charge on any atom is -0.352 e. The number of amides is 3. The molecule has 120 valence electrons. The number of rotatable bonds is 7. The normalized spacial score (nSPS) is 17.3. The van der Waals surface area contributed by atoms with Gasteiger partial charge in [-0.25, -0.2) is 4.79 Å². The fourth-order valence-corrected chi connectivity index (χ4v) is 2.40. The zero-order valence-electron chi connectivity index (χ0n) is 12.8. The van der Waals surface area contributed by atoms with E-state index >= 15 is 0 Å². The van der Waals surface area contributed by atoms with Crippen LogP contribution in [0.5, 0.6) is 0 Å². The number of nitrogens with two attached hydrogens (primary N) is 2. The average molecular weight is 297 g/mol. The summed E-state index contributed by atoms with van der Waals surface area (Å²) >= 11 is 0. The van der Waals surface area contributed by atoms with E-state index in [2.05, 4.69) is 16.8 Å². The number of nitrogens with one attached hydrogen (secondary N) is 1. The molecule has 0 aromatic carbocycles. The predicted octanol–water partition coefficient (Wildman–Crippen LogP) is -0.517. The molecular weight excluding hydrogens is 270 g/mol. The Kier molecular flexibility index (Phi) is 7.18. The first kappa shape index (κ1) is 17.5. The van der Waals surface area contributed by atoms with Crippen LogP contribution >= 0.6 is 0 Å². The first-order chi connectivity index (χ1) is 9.90. The molecule has 1 atom stereocenters. The lowest BCUT2D eigenvalue weighted by Crippen LogP contribution is -2.53. The molecule has 0 aromatic rings. The lowest BCUT2D eigenvalue weighted by atomic mass is 10.1. The molecule has 0 saturated carbocycles. The minimum absolute atomic E-state index is 0.0101. The van der Waals surface area contributed by atoms with Gasteiger partial charge in [0.15, 0.2) is 0 Å². The molecule has 7 heteroatoms. The average Bonchev–Trinajstić information content (AvgIpc) is 2.42. The van der Waals surface area contributed by atoms with Crippen LogP contribution in [0.2, 0.25) is 0 Å². The molecule has 21 heavy (non-hydrogen) atoms. The van der Waals surface area contributed by atoms with Gasteiger partial charge in [-0.05, 0) is 19.8 Å². The smallest absolute Gasteiger partial charge is 0.312 e. The molecule has 0 aliphatic carbocycles. The van der Waals surface area contributed by atoms with Gasteiger partial charge in [0.2, 0.25) is 5.91 Å². The van der Waals surface area contributed by atoms with E-state index in [-0.39, 0.29) is 5.91 Å². The van der Waals surface area contributed by atoms with Crippen molar-refractivity contribution in [2.45, 2.75) is 25.8 Å². The SMILES string of the molecule is C=C(C)CN1CCN(C(=O)[C@@H](N)CCCNC(N)=O)CC1. The molecule has 1 rings (SSSR count). The topological polar surface area (TPSA) is 105 Å². The van der Waals surface area contributed by atoms with Crippen molar-refractivity contribution in [2.75, 3.05) is 39.3 Å². The van der Waals surface area contributed by atoms with Crippen molar-refractivity contribution in [3.05, 3.63) is 12.2 Å². The second-order valence-corrected chi connectivity index (χ2v) is 5.60. The van der Waals surface area contributed by atoms with Crippen molar-refractivity contribution in [1.29, 1.82) is 0 Å². The van der Waals surface area contributed by atoms with Crippen LogP contribution in [0.4, 0.5) is 4.79 Å². The van der Waals surface area contributed by atoms with Gasteiger partial charge in [-0.3, -0.25) is 9.69 Å². The van der Waals surface area contributed by atoms with Crippen molar-refractivity contribution in [2.24, 2.45) is 11.5 Å². The number of primary amides is 1. The number of hydrogen-bond acceptors (Lipinski definition) is 4. The molecule has 0 spiro atoms. The third kappa shape index (κ3) is 6.59. The highest BCUT2D eigenvalue weighted by molar-refractivity contribution is 5.81. The molecule has 7 nitrogen and oxygen atoms in total. The Hall–Kier alpha value is -1.60. The van der Waals surface area contributed by atoms with Gasteiger partial charge in [-0.2, -0.15) is 0 Å². The first-order valence-electron chi connectivity index (χ1n) is 7.34. The number of urea groups is 1. The van der Waals surface area contributed by atoms with Gasteiger partial charge < -0.3 is 21.7 Å². The minimum atomic E-state index is -0.552. The Bertz CT molecular complexity index is 378. The highest BCUT2D eigenvalue weighted by Crippen LogP contribution is 2.07. The standard InChI is InChI=1S/C14H27N5O2/c1-11(2)10-18-6-8-19(9-7-18)13(20)12(15)4-3-5-17-14(16)21/h12H,1,3-10,15H2,2H3,(H3,16,17,21)/t12-/m0/s1. The summed E-state index contributed by atoms with van der Waals surface area (Å²) in [6.45, 7) is 10.4. The molecule has 3 amide bonds. The molecule has 1 aliphatic heterocycles. The second kappa shape index (κ2) is 8.63. The molecule has 1 fully saturated rings. The Labute approximate surface area is 126 Å². The Morgan fingerprint density at radius 1 is 1.29 bits per heavy atom. The van der Waals surface area contributed by atoms with E-state index in [0.717, 1.165) is 25.2 Å². The van der Waals surface area contributed by atoms with E-state index in [1.54, 1.807) is 0 Å². The van der Waals surface area contributed by atoms with Gasteiger partial charge >= 0.3 is 6.03 Å². The van der Waals surface area contributed by atoms with Crippen molar-refractivity contribution in [3.63, 3.8) is 0 Å². The Morgan fingerprint density at radius 3 is 2.43 bits per heavy atom. The van der Waals surface area contributed by atoms with Crippen LogP contribution in [0.15, 0.2) is 12.2 Å². The number of nitrogens with zero attached hydrogens (tertiary/aromatic N) is 2. The van der Waals surface area contributed by atoms with E-state index in [1.165, 1.54) is 0 Å². The van der Waals surface area contributed by atoms with Crippen molar-refractivity contribution < 1.29 is 9.59 Å². The predicted molar refractivity (Wildman–Crippen MR) is 82.6 cm³/mol. The fourth-order valence-electron chi connectivity index (χ4n) is 2.40. The van der Waals surface area contributed by atoms with Crippen LogP contribution in [-0.2, 0) is 4.79 Å². The number of carbonyl (C=O) groups is 2. The lowest BCUT2D eigenvalue weighted by Gasteiger charge is -2.36. The molecule has 1 aliphatic rings. The van der Waals surface area contributed by atoms with Gasteiger partial charge in [-0.15, -0.1) is 0 Å². The van der Waals surface area contributed by atoms with Crippen LogP contribution in [0.25, 0.3) is 0 Å². The molecule has 0 bridgehead atoms. The summed E-state index contributed by atoms with van der Waals surface area (Å²) in [5.74, 6) is -0.0101. The van der Waals surface area contributed by atoms with Crippen LogP contribution in [0, 0.1) is 0 Å². The van der Waals surface area contributed by atoms with Gasteiger partial charge in [0.1, 0.15) is 0 Å². The van der Waals surface area contributed by atoms with Crippen molar-refractivity contribution >= 4 is 11.9 Å². The number of piperazine rings is 1. The summed E-state index contributed by atoms with van der Waals surface area (Å²) in [6, 6.07) is -1.06. The maximum absolute atomic E-state index is 12.2. The molecule has 5 N–H and O–H groups in total. The highest BCUT2D eigenvalue weighted by Gasteiger charge is 2.24. The second-order valence-electron chi connectivity index (χ2n) is 5.60. The molecule has 0 aromatic heterocycles. The molecule has 1 heterocycles. The zero-order valence-corrected chi connectivity index (χ0v) is 12.8. The van der Waals surface area contributed by atoms with Gasteiger partial charge in [0.05, 0.1) is 6.04 Å². The van der Waals surface area contributed by atoms with E-state index in [9.17, 15) is 9.59 Å². The number of carbonyl (C=O) groups excluding carboxylic acids is 2. The maximum Gasteiger partial charge on any atom is 0.312 e. The fraction of sp³-hybridized carbons (Fsp3) is 0.714. The Balaban J connectivity index is 2.26. The summed E-state index contributed by atoms with van der Waals surface area (Å²) < 4.78 is 0. The van der Waals surface area contributed by atoms with E-state index in [1.807, 2.05) is 11.8 Å². The Morgan fingerprint density at radius 2 is 1.90 bits per heavy atom. The lowest BCUT2D eigenvalue weighted by molar-refractivity contribution is -0.134. The van der Waals surface area contributed by atoms with E-state index in [4.69, 9.17) is 11.5 Å². The quantitative estimate of drug-likeness (QED) is 0.434. The van der Waals surface area contributed by atoms with Gasteiger partial charge in [0.25, 0.3) is 0 Å². The summed E-state index contributed by atoms with van der Waals surface area (Å²) in [6.07, 6.45) is 1.19. The largest absolute Gasteiger partial charge is 0.352 e. The van der Waals surface area contributed by atoms with Gasteiger partial charge in [0, 0.05) is 39.3 Å². The third-order valence-corrected chi connectivity index (χ3v) is 3.49. The van der Waals surface area contributed by atoms with Crippen molar-refractivity contribution in [3.8, 4) is 0 Å². The third-order valence-electron chi connectivity index (χ3n) is 3.49. The van der Waals surface area contributed by atoms with Crippen LogP contribution in [0.1, 0.15) is 19.8 Å². The van der Waals surface area contributed by atoms with E-state index in [0.29, 0.717) is 32.5 Å². The maximum atomic E-state index is 12.2. The molecule has 1 saturated heterocycles. The van der Waals surface area contributed by atoms with Crippen molar-refractivity contribution in [1.82, 2.24) is 15.1 Å². The zero-order chi connectivity index (χ0) is 15.8. The van der Waals surface area contributed by atoms with Gasteiger partial charge in [-0.1, -0.05) is 12.2 Å². The summed E-state index contributed by atoms with van der Waals surface area (Å²) in [4.78, 5) is 26.8. The number of hydrogen-bond donors (Lipinski definition) is 3. The van der Waals surface area contributed by atoms with E-state index < -0.39 is 12.1 Å². The first-order valence-corrected chi connectivity index (χ1v) is 7.34. The van der Waals surface area contributed by atoms with Crippen LogP contribution in [-0.4, -0.2) is 67.0 Å². The summed E-state index contributed by atoms with van der Waals surface area (Å²) in [7, 11) is 0. The molecule has 0 unspecified atom stereocenters. The molecule has 0 radical (unpaired) electrons. The van der Waals surface area contributed by atoms with Crippen LogP contribution in [0.3, 0.4) is 0 Å². The monoisotopic (exact) mass is 297 g/mol. The van der Waals surface area contributed by atoms with Crippen LogP contribution < -0.4 is 16.8 Å². The highest BCUT2D eigenvalue weighted by atomic mass is 16.2. The molecular formula is C14H27N5O2. The summed E-state index contributed by atoms with van der Waals surface area (Å²) in [5.41, 5.74) is 12.0.